The van der Waals surface area contributed by atoms with Gasteiger partial charge in [-0.05, 0) is 48.4 Å². The maximum absolute atomic E-state index is 13.9. The highest BCUT2D eigenvalue weighted by Crippen LogP contribution is 2.40. The van der Waals surface area contributed by atoms with Gasteiger partial charge < -0.3 is 4.98 Å². The van der Waals surface area contributed by atoms with Gasteiger partial charge in [0.15, 0.2) is 0 Å². The van der Waals surface area contributed by atoms with Crippen molar-refractivity contribution in [1.29, 1.82) is 0 Å². The van der Waals surface area contributed by atoms with E-state index in [1.807, 2.05) is 85.8 Å². The summed E-state index contributed by atoms with van der Waals surface area (Å²) in [5, 5.41) is 5.53. The minimum Gasteiger partial charge on any atom is -0.321 e. The maximum atomic E-state index is 13.9. The molecule has 1 atom stereocenters. The Bertz CT molecular complexity index is 1890. The molecule has 0 spiro atoms. The van der Waals surface area contributed by atoms with Crippen molar-refractivity contribution in [2.75, 3.05) is 0 Å². The summed E-state index contributed by atoms with van der Waals surface area (Å²) in [6.45, 7) is 1.91. The van der Waals surface area contributed by atoms with Gasteiger partial charge in [-0.3, -0.25) is 4.79 Å². The lowest BCUT2D eigenvalue weighted by Crippen LogP contribution is -2.27. The maximum Gasteiger partial charge on any atom is 0.279 e. The summed E-state index contributed by atoms with van der Waals surface area (Å²) in [5.74, 6) is 0. The monoisotopic (exact) mass is 597 g/mol. The fraction of sp³-hybridized carbons (Fsp3) is 0.0968. The summed E-state index contributed by atoms with van der Waals surface area (Å²) in [6.07, 6.45) is 0.248. The van der Waals surface area contributed by atoms with Crippen LogP contribution in [0.5, 0.6) is 0 Å². The van der Waals surface area contributed by atoms with Crippen LogP contribution in [0.15, 0.2) is 122 Å². The molecule has 0 fully saturated rings. The number of nitrogens with one attached hydrogen (secondary N) is 1. The Balaban J connectivity index is 1.60. The molecule has 1 aliphatic heterocycles. The zero-order chi connectivity index (χ0) is 27.1. The number of aryl methyl sites for hydroxylation is 1. The van der Waals surface area contributed by atoms with Crippen LogP contribution in [0.1, 0.15) is 29.2 Å². The van der Waals surface area contributed by atoms with E-state index < -0.39 is 16.1 Å². The average molecular weight is 599 g/mol. The normalized spacial score (nSPS) is 15.5. The van der Waals surface area contributed by atoms with E-state index in [0.29, 0.717) is 16.8 Å². The highest BCUT2D eigenvalue weighted by Gasteiger charge is 2.39. The molecule has 0 bridgehead atoms. The molecule has 0 amide bonds. The first-order chi connectivity index (χ1) is 18.8. The lowest BCUT2D eigenvalue weighted by atomic mass is 9.91. The van der Waals surface area contributed by atoms with E-state index in [4.69, 9.17) is 5.10 Å². The predicted octanol–water partition coefficient (Wildman–Crippen LogP) is 6.81. The van der Waals surface area contributed by atoms with E-state index in [0.717, 1.165) is 32.1 Å². The van der Waals surface area contributed by atoms with E-state index in [1.165, 1.54) is 4.41 Å². The summed E-state index contributed by atoms with van der Waals surface area (Å²) in [4.78, 5) is 16.8. The Morgan fingerprint density at radius 2 is 1.54 bits per heavy atom. The first kappa shape index (κ1) is 25.3. The van der Waals surface area contributed by atoms with Crippen LogP contribution in [0.2, 0.25) is 0 Å². The molecule has 0 saturated carbocycles. The number of aromatic amines is 1. The first-order valence-electron chi connectivity index (χ1n) is 12.5. The van der Waals surface area contributed by atoms with Crippen molar-refractivity contribution >= 4 is 42.6 Å². The van der Waals surface area contributed by atoms with Gasteiger partial charge in [0, 0.05) is 27.4 Å². The third-order valence-corrected chi connectivity index (χ3v) is 9.14. The molecule has 4 aromatic carbocycles. The van der Waals surface area contributed by atoms with Gasteiger partial charge in [0.05, 0.1) is 22.2 Å². The Kier molecular flexibility index (Phi) is 6.45. The summed E-state index contributed by atoms with van der Waals surface area (Å²) in [7, 11) is -4.01. The van der Waals surface area contributed by atoms with Crippen molar-refractivity contribution < 1.29 is 8.42 Å². The number of hydrogen-bond acceptors (Lipinski definition) is 4. The third kappa shape index (κ3) is 4.60. The van der Waals surface area contributed by atoms with E-state index in [2.05, 4.69) is 20.9 Å². The minimum absolute atomic E-state index is 0.152. The van der Waals surface area contributed by atoms with Crippen molar-refractivity contribution in [3.63, 3.8) is 0 Å². The highest BCUT2D eigenvalue weighted by atomic mass is 79.9. The first-order valence-corrected chi connectivity index (χ1v) is 14.7. The summed E-state index contributed by atoms with van der Waals surface area (Å²) in [6, 6.07) is 30.9. The number of aromatic nitrogens is 1. The second-order valence-electron chi connectivity index (χ2n) is 9.53. The second kappa shape index (κ2) is 9.94. The number of fused-ring (bicyclic) bond motifs is 1. The van der Waals surface area contributed by atoms with Crippen LogP contribution in [0.4, 0.5) is 0 Å². The van der Waals surface area contributed by atoms with Crippen molar-refractivity contribution in [2.24, 2.45) is 5.10 Å². The number of nitrogens with zero attached hydrogens (tertiary/aromatic N) is 2. The topological polar surface area (TPSA) is 82.6 Å². The van der Waals surface area contributed by atoms with E-state index in [1.54, 1.807) is 24.3 Å². The van der Waals surface area contributed by atoms with Gasteiger partial charge in [0.2, 0.25) is 0 Å². The Labute approximate surface area is 234 Å². The summed E-state index contributed by atoms with van der Waals surface area (Å²) >= 11 is 3.56. The van der Waals surface area contributed by atoms with Gasteiger partial charge in [-0.15, -0.1) is 0 Å². The van der Waals surface area contributed by atoms with Crippen molar-refractivity contribution in [3.8, 4) is 11.1 Å². The molecule has 5 aromatic rings. The molecular weight excluding hydrogens is 574 g/mol. The SMILES string of the molecule is Cc1ccc(S(=O)(=O)N2N=C(c3c(-c4ccccc4)c4cc(Br)ccc4[nH]c3=O)C[C@@H]2c2ccccc2)cc1. The van der Waals surface area contributed by atoms with Crippen LogP contribution in [-0.2, 0) is 10.0 Å². The number of hydrazone groups is 1. The standard InChI is InChI=1S/C31H24BrN3O3S/c1-20-12-15-24(16-13-20)39(37,38)35-28(21-8-4-2-5-9-21)19-27(34-35)30-29(22-10-6-3-7-11-22)25-18-23(32)14-17-26(25)33-31(30)36/h2-18,28H,19H2,1H3,(H,33,36)/t28-/m1/s1. The molecule has 2 heterocycles. The summed E-state index contributed by atoms with van der Waals surface area (Å²) < 4.78 is 29.9. The van der Waals surface area contributed by atoms with Gasteiger partial charge in [-0.25, -0.2) is 0 Å². The molecule has 8 heteroatoms. The predicted molar refractivity (Wildman–Crippen MR) is 158 cm³/mol. The van der Waals surface area contributed by atoms with E-state index >= 15 is 0 Å². The molecule has 0 unspecified atom stereocenters. The van der Waals surface area contributed by atoms with E-state index in [9.17, 15) is 13.2 Å². The number of rotatable bonds is 5. The fourth-order valence-corrected chi connectivity index (χ4v) is 6.84. The number of H-pyrrole nitrogens is 1. The molecule has 0 saturated heterocycles. The number of hydrogen-bond donors (Lipinski definition) is 1. The average Bonchev–Trinajstić information content (AvgIpc) is 3.40. The highest BCUT2D eigenvalue weighted by molar-refractivity contribution is 9.10. The van der Waals surface area contributed by atoms with Gasteiger partial charge in [-0.1, -0.05) is 94.3 Å². The molecule has 39 heavy (non-hydrogen) atoms. The number of sulfonamides is 1. The second-order valence-corrected chi connectivity index (χ2v) is 12.2. The minimum atomic E-state index is -4.01. The van der Waals surface area contributed by atoms with Gasteiger partial charge in [0.25, 0.3) is 15.6 Å². The molecule has 1 aromatic heterocycles. The Hall–Kier alpha value is -4.01. The lowest BCUT2D eigenvalue weighted by molar-refractivity contribution is 0.371. The fourth-order valence-electron chi connectivity index (χ4n) is 5.05. The Morgan fingerprint density at radius 1 is 0.872 bits per heavy atom. The quantitative estimate of drug-likeness (QED) is 0.242. The van der Waals surface area contributed by atoms with Crippen LogP contribution < -0.4 is 5.56 Å². The number of pyridine rings is 1. The van der Waals surface area contributed by atoms with Crippen molar-refractivity contribution in [1.82, 2.24) is 9.40 Å². The molecular formula is C31H24BrN3O3S. The molecule has 194 valence electrons. The molecule has 6 nitrogen and oxygen atoms in total. The molecule has 1 aliphatic rings. The molecule has 1 N–H and O–H groups in total. The summed E-state index contributed by atoms with van der Waals surface area (Å²) in [5.41, 5.74) is 4.48. The largest absolute Gasteiger partial charge is 0.321 e. The van der Waals surface area contributed by atoms with Crippen LogP contribution in [0.25, 0.3) is 22.0 Å². The zero-order valence-electron chi connectivity index (χ0n) is 21.0. The molecule has 6 rings (SSSR count). The third-order valence-electron chi connectivity index (χ3n) is 6.95. The van der Waals surface area contributed by atoms with Gasteiger partial charge in [0.1, 0.15) is 0 Å². The Morgan fingerprint density at radius 3 is 2.23 bits per heavy atom. The van der Waals surface area contributed by atoms with Crippen molar-refractivity contribution in [3.05, 3.63) is 135 Å². The number of halogens is 1. The van der Waals surface area contributed by atoms with Gasteiger partial charge in [-0.2, -0.15) is 17.9 Å². The van der Waals surface area contributed by atoms with Crippen LogP contribution in [0.3, 0.4) is 0 Å². The van der Waals surface area contributed by atoms with Crippen molar-refractivity contribution in [2.45, 2.75) is 24.3 Å². The number of benzene rings is 4. The van der Waals surface area contributed by atoms with Crippen LogP contribution >= 0.6 is 15.9 Å². The molecule has 0 radical (unpaired) electrons. The van der Waals surface area contributed by atoms with Gasteiger partial charge >= 0.3 is 0 Å². The zero-order valence-corrected chi connectivity index (χ0v) is 23.4. The van der Waals surface area contributed by atoms with Crippen LogP contribution in [0, 0.1) is 6.92 Å². The van der Waals surface area contributed by atoms with Crippen LogP contribution in [-0.4, -0.2) is 23.5 Å². The smallest absolute Gasteiger partial charge is 0.279 e. The lowest BCUT2D eigenvalue weighted by Gasteiger charge is -2.23. The van der Waals surface area contributed by atoms with E-state index in [-0.39, 0.29) is 16.9 Å². The molecule has 0 aliphatic carbocycles.